The monoisotopic (exact) mass is 760 g/mol. The van der Waals surface area contributed by atoms with E-state index in [1.165, 1.54) is 16.0 Å². The van der Waals surface area contributed by atoms with Gasteiger partial charge in [0.25, 0.3) is 0 Å². The van der Waals surface area contributed by atoms with Crippen molar-refractivity contribution in [3.8, 4) is 5.75 Å². The van der Waals surface area contributed by atoms with Gasteiger partial charge in [0, 0.05) is 56.6 Å². The van der Waals surface area contributed by atoms with Crippen LogP contribution >= 0.6 is 11.6 Å². The molecule has 1 aliphatic rings. The smallest absolute Gasteiger partial charge is 0.410 e. The Balaban J connectivity index is 1.97. The Bertz CT molecular complexity index is 1560. The Morgan fingerprint density at radius 3 is 2.48 bits per heavy atom. The lowest BCUT2D eigenvalue weighted by molar-refractivity contribution is -0.108. The van der Waals surface area contributed by atoms with Gasteiger partial charge in [0.15, 0.2) is 11.0 Å². The van der Waals surface area contributed by atoms with E-state index in [1.54, 1.807) is 37.2 Å². The SMILES string of the molecule is CCCc1cc(Cl)ccc1C1COc2ccc(S(=O)NC=O)cc2N(CCC(CC)C(/C=C/CN(C(=O)OC(C)(C)C)C(C)C)OC(=O)N(C)C)C1. The summed E-state index contributed by atoms with van der Waals surface area (Å²) in [5.74, 6) is 0.575. The van der Waals surface area contributed by atoms with Crippen molar-refractivity contribution < 1.29 is 32.8 Å². The summed E-state index contributed by atoms with van der Waals surface area (Å²) in [6, 6.07) is 11.2. The second-order valence-electron chi connectivity index (χ2n) is 14.5. The fourth-order valence-electron chi connectivity index (χ4n) is 6.12. The summed E-state index contributed by atoms with van der Waals surface area (Å²) >= 11 is 6.42. The Kier molecular flexibility index (Phi) is 16.3. The molecule has 1 aliphatic heterocycles. The second kappa shape index (κ2) is 19.9. The van der Waals surface area contributed by atoms with Gasteiger partial charge in [-0.15, -0.1) is 0 Å². The number of hydrogen-bond donors (Lipinski definition) is 1. The van der Waals surface area contributed by atoms with Crippen LogP contribution in [0.5, 0.6) is 5.75 Å². The minimum atomic E-state index is -1.73. The third-order valence-corrected chi connectivity index (χ3v) is 10.1. The maximum absolute atomic E-state index is 13.0. The summed E-state index contributed by atoms with van der Waals surface area (Å²) in [6.45, 7) is 15.5. The number of carbonyl (C=O) groups is 3. The minimum Gasteiger partial charge on any atom is -0.491 e. The van der Waals surface area contributed by atoms with Crippen molar-refractivity contribution in [3.05, 3.63) is 64.7 Å². The lowest BCUT2D eigenvalue weighted by Gasteiger charge is -2.31. The molecule has 0 aromatic heterocycles. The van der Waals surface area contributed by atoms with Crippen LogP contribution in [0.3, 0.4) is 0 Å². The van der Waals surface area contributed by atoms with Crippen LogP contribution in [-0.4, -0.2) is 90.7 Å². The lowest BCUT2D eigenvalue weighted by Crippen LogP contribution is -2.41. The molecule has 288 valence electrons. The normalized spacial score (nSPS) is 16.3. The summed E-state index contributed by atoms with van der Waals surface area (Å²) in [5.41, 5.74) is 2.49. The number of rotatable bonds is 16. The molecule has 4 unspecified atom stereocenters. The van der Waals surface area contributed by atoms with E-state index in [2.05, 4.69) is 29.5 Å². The van der Waals surface area contributed by atoms with E-state index in [1.807, 2.05) is 58.9 Å². The van der Waals surface area contributed by atoms with E-state index < -0.39 is 34.9 Å². The number of amides is 3. The molecule has 0 saturated heterocycles. The third-order valence-electron chi connectivity index (χ3n) is 8.83. The first-order valence-electron chi connectivity index (χ1n) is 18.0. The largest absolute Gasteiger partial charge is 0.491 e. The summed E-state index contributed by atoms with van der Waals surface area (Å²) in [7, 11) is 1.56. The molecule has 3 amide bonds. The molecule has 11 nitrogen and oxygen atoms in total. The number of halogens is 1. The number of nitrogens with one attached hydrogen (secondary N) is 1. The van der Waals surface area contributed by atoms with Gasteiger partial charge in [-0.3, -0.25) is 9.52 Å². The summed E-state index contributed by atoms with van der Waals surface area (Å²) in [5, 5.41) is 0.691. The average Bonchev–Trinajstić information content (AvgIpc) is 3.25. The Labute approximate surface area is 317 Å². The van der Waals surface area contributed by atoms with Gasteiger partial charge in [-0.25, -0.2) is 13.8 Å². The van der Waals surface area contributed by atoms with E-state index in [4.69, 9.17) is 25.8 Å². The Morgan fingerprint density at radius 2 is 1.87 bits per heavy atom. The molecule has 2 aromatic rings. The molecule has 3 rings (SSSR count). The van der Waals surface area contributed by atoms with E-state index in [0.29, 0.717) is 54.6 Å². The molecule has 0 spiro atoms. The van der Waals surface area contributed by atoms with Gasteiger partial charge in [0.05, 0.1) is 17.2 Å². The molecule has 13 heteroatoms. The van der Waals surface area contributed by atoms with Crippen LogP contribution in [0.25, 0.3) is 0 Å². The van der Waals surface area contributed by atoms with Crippen LogP contribution in [0.1, 0.15) is 84.8 Å². The van der Waals surface area contributed by atoms with Gasteiger partial charge in [0.2, 0.25) is 6.41 Å². The van der Waals surface area contributed by atoms with Crippen molar-refractivity contribution in [1.82, 2.24) is 14.5 Å². The first-order valence-corrected chi connectivity index (χ1v) is 19.6. The van der Waals surface area contributed by atoms with Crippen molar-refractivity contribution in [2.75, 3.05) is 45.2 Å². The zero-order valence-electron chi connectivity index (χ0n) is 32.1. The lowest BCUT2D eigenvalue weighted by atomic mass is 9.91. The summed E-state index contributed by atoms with van der Waals surface area (Å²) in [6.07, 6.45) is 5.90. The maximum atomic E-state index is 13.0. The van der Waals surface area contributed by atoms with Crippen LogP contribution in [0.4, 0.5) is 15.3 Å². The van der Waals surface area contributed by atoms with Crippen molar-refractivity contribution in [2.45, 2.75) is 103 Å². The van der Waals surface area contributed by atoms with Gasteiger partial charge < -0.3 is 28.9 Å². The number of carbonyl (C=O) groups excluding carboxylic acids is 3. The molecular formula is C39H57ClN4O7S. The van der Waals surface area contributed by atoms with Crippen LogP contribution < -0.4 is 14.4 Å². The van der Waals surface area contributed by atoms with Gasteiger partial charge in [-0.05, 0) is 101 Å². The molecule has 1 heterocycles. The van der Waals surface area contributed by atoms with Crippen molar-refractivity contribution in [2.24, 2.45) is 5.92 Å². The number of ether oxygens (including phenoxy) is 3. The highest BCUT2D eigenvalue weighted by molar-refractivity contribution is 7.83. The van der Waals surface area contributed by atoms with Gasteiger partial charge in [-0.1, -0.05) is 44.0 Å². The maximum Gasteiger partial charge on any atom is 0.410 e. The molecule has 0 bridgehead atoms. The number of nitrogens with zero attached hydrogens (tertiary/aromatic N) is 3. The molecule has 0 aliphatic carbocycles. The van der Waals surface area contributed by atoms with Crippen molar-refractivity contribution in [1.29, 1.82) is 0 Å². The van der Waals surface area contributed by atoms with Crippen LogP contribution in [0.2, 0.25) is 5.02 Å². The van der Waals surface area contributed by atoms with Crippen LogP contribution in [0.15, 0.2) is 53.4 Å². The predicted molar refractivity (Wildman–Crippen MR) is 208 cm³/mol. The zero-order valence-corrected chi connectivity index (χ0v) is 33.7. The van der Waals surface area contributed by atoms with Crippen LogP contribution in [0, 0.1) is 5.92 Å². The molecule has 52 heavy (non-hydrogen) atoms. The van der Waals surface area contributed by atoms with Gasteiger partial charge >= 0.3 is 12.2 Å². The van der Waals surface area contributed by atoms with Gasteiger partial charge in [0.1, 0.15) is 17.5 Å². The van der Waals surface area contributed by atoms with E-state index >= 15 is 0 Å². The highest BCUT2D eigenvalue weighted by Gasteiger charge is 2.30. The van der Waals surface area contributed by atoms with E-state index in [9.17, 15) is 18.6 Å². The first-order chi connectivity index (χ1) is 24.6. The molecule has 1 N–H and O–H groups in total. The Hall–Kier alpha value is -3.77. The molecule has 0 saturated carbocycles. The average molecular weight is 761 g/mol. The third kappa shape index (κ3) is 12.4. The van der Waals surface area contributed by atoms with Crippen LogP contribution in [-0.2, 0) is 31.7 Å². The Morgan fingerprint density at radius 1 is 1.13 bits per heavy atom. The minimum absolute atomic E-state index is 0.00507. The first kappa shape index (κ1) is 42.6. The highest BCUT2D eigenvalue weighted by atomic mass is 35.5. The molecule has 0 radical (unpaired) electrons. The fraction of sp³-hybridized carbons (Fsp3) is 0.564. The number of anilines is 1. The van der Waals surface area contributed by atoms with E-state index in [-0.39, 0.29) is 24.4 Å². The zero-order chi connectivity index (χ0) is 38.6. The second-order valence-corrected chi connectivity index (χ2v) is 16.2. The fourth-order valence-corrected chi connectivity index (χ4v) is 6.95. The van der Waals surface area contributed by atoms with Crippen molar-refractivity contribution >= 4 is 46.9 Å². The number of hydrogen-bond acceptors (Lipinski definition) is 8. The van der Waals surface area contributed by atoms with Gasteiger partial charge in [-0.2, -0.15) is 0 Å². The number of benzene rings is 2. The summed E-state index contributed by atoms with van der Waals surface area (Å²) < 4.78 is 33.2. The number of fused-ring (bicyclic) bond motifs is 1. The standard InChI is InChI=1S/C39H57ClN4O7S/c1-10-13-29-22-31(40)15-17-33(29)30-24-43(34-23-32(52(48)41-26-45)16-18-36(34)49-25-30)21-19-28(11-2)35(50-37(46)42(8)9)14-12-20-44(27(3)4)38(47)51-39(5,6)7/h12,14-18,22-23,26-28,30,35H,10-11,13,19-21,24-25H2,1-9H3,(H,41,45)/b14-12+. The molecule has 0 fully saturated rings. The quantitative estimate of drug-likeness (QED) is 0.137. The van der Waals surface area contributed by atoms with E-state index in [0.717, 1.165) is 18.5 Å². The molecule has 2 aromatic carbocycles. The summed E-state index contributed by atoms with van der Waals surface area (Å²) in [4.78, 5) is 42.7. The predicted octanol–water partition coefficient (Wildman–Crippen LogP) is 7.73. The molecule has 4 atom stereocenters. The number of aryl methyl sites for hydroxylation is 1. The highest BCUT2D eigenvalue weighted by Crippen LogP contribution is 2.38. The topological polar surface area (TPSA) is 118 Å². The van der Waals surface area contributed by atoms with Crippen molar-refractivity contribution in [3.63, 3.8) is 0 Å². The molecular weight excluding hydrogens is 704 g/mol.